The molecular formula is C16H24ClNO3. The van der Waals surface area contributed by atoms with E-state index < -0.39 is 6.10 Å². The number of aliphatic hydroxyl groups excluding tert-OH is 2. The number of likely N-dealkylation sites (tertiary alicyclic amines) is 1. The van der Waals surface area contributed by atoms with Gasteiger partial charge in [0, 0.05) is 30.1 Å². The number of hydrogen-bond donors (Lipinski definition) is 2. The van der Waals surface area contributed by atoms with Crippen LogP contribution in [0.2, 0.25) is 5.02 Å². The van der Waals surface area contributed by atoms with E-state index in [1.54, 1.807) is 24.3 Å². The lowest BCUT2D eigenvalue weighted by molar-refractivity contribution is 0.0101. The molecule has 1 saturated heterocycles. The third kappa shape index (κ3) is 5.15. The summed E-state index contributed by atoms with van der Waals surface area (Å²) in [6, 6.07) is 7.11. The number of β-amino-alcohol motifs (C(OH)–C–C–N with tert-alkyl or cyclic N) is 1. The molecule has 1 heterocycles. The maximum atomic E-state index is 10.1. The molecule has 0 radical (unpaired) electrons. The molecule has 1 aromatic carbocycles. The van der Waals surface area contributed by atoms with Crippen LogP contribution >= 0.6 is 11.6 Å². The van der Waals surface area contributed by atoms with Gasteiger partial charge in [-0.05, 0) is 43.7 Å². The molecule has 2 rings (SSSR count). The van der Waals surface area contributed by atoms with Gasteiger partial charge in [-0.3, -0.25) is 0 Å². The van der Waals surface area contributed by atoms with Crippen LogP contribution < -0.4 is 4.74 Å². The van der Waals surface area contributed by atoms with E-state index in [-0.39, 0.29) is 18.6 Å². The van der Waals surface area contributed by atoms with Gasteiger partial charge in [0.2, 0.25) is 0 Å². The van der Waals surface area contributed by atoms with Crippen LogP contribution in [0.3, 0.4) is 0 Å². The lowest BCUT2D eigenvalue weighted by Crippen LogP contribution is -2.47. The van der Waals surface area contributed by atoms with E-state index in [2.05, 4.69) is 11.8 Å². The Labute approximate surface area is 131 Å². The number of rotatable bonds is 6. The quantitative estimate of drug-likeness (QED) is 0.845. The Morgan fingerprint density at radius 2 is 2.10 bits per heavy atom. The van der Waals surface area contributed by atoms with Crippen molar-refractivity contribution in [2.24, 2.45) is 5.41 Å². The van der Waals surface area contributed by atoms with Crippen molar-refractivity contribution in [3.05, 3.63) is 29.3 Å². The average Bonchev–Trinajstić information content (AvgIpc) is 2.47. The van der Waals surface area contributed by atoms with Gasteiger partial charge in [-0.25, -0.2) is 0 Å². The van der Waals surface area contributed by atoms with Gasteiger partial charge < -0.3 is 19.8 Å². The number of piperidine rings is 1. The van der Waals surface area contributed by atoms with Gasteiger partial charge >= 0.3 is 0 Å². The summed E-state index contributed by atoms with van der Waals surface area (Å²) in [7, 11) is 0. The minimum absolute atomic E-state index is 0.0466. The Kier molecular flexibility index (Phi) is 5.88. The van der Waals surface area contributed by atoms with E-state index in [0.29, 0.717) is 17.3 Å². The second-order valence-corrected chi connectivity index (χ2v) is 6.66. The summed E-state index contributed by atoms with van der Waals surface area (Å²) in [6.45, 7) is 4.91. The summed E-state index contributed by atoms with van der Waals surface area (Å²) in [5, 5.41) is 20.2. The van der Waals surface area contributed by atoms with Crippen molar-refractivity contribution in [2.45, 2.75) is 25.9 Å². The van der Waals surface area contributed by atoms with Crippen LogP contribution in [0.25, 0.3) is 0 Å². The van der Waals surface area contributed by atoms with Crippen LogP contribution in [0.5, 0.6) is 5.75 Å². The number of halogens is 1. The lowest BCUT2D eigenvalue weighted by atomic mass is 9.83. The van der Waals surface area contributed by atoms with Gasteiger partial charge in [-0.15, -0.1) is 0 Å². The number of ether oxygens (including phenoxy) is 1. The topological polar surface area (TPSA) is 52.9 Å². The zero-order valence-corrected chi connectivity index (χ0v) is 13.2. The van der Waals surface area contributed by atoms with Gasteiger partial charge in [0.15, 0.2) is 0 Å². The van der Waals surface area contributed by atoms with Crippen LogP contribution in [-0.2, 0) is 0 Å². The molecule has 2 N–H and O–H groups in total. The molecule has 1 aliphatic heterocycles. The Morgan fingerprint density at radius 1 is 1.38 bits per heavy atom. The van der Waals surface area contributed by atoms with E-state index >= 15 is 0 Å². The normalized spacial score (nSPS) is 24.8. The lowest BCUT2D eigenvalue weighted by Gasteiger charge is -2.40. The summed E-state index contributed by atoms with van der Waals surface area (Å²) < 4.78 is 5.56. The highest BCUT2D eigenvalue weighted by atomic mass is 35.5. The van der Waals surface area contributed by atoms with E-state index in [4.69, 9.17) is 16.3 Å². The second kappa shape index (κ2) is 7.45. The molecule has 118 valence electrons. The smallest absolute Gasteiger partial charge is 0.119 e. The molecule has 0 saturated carbocycles. The first-order valence-electron chi connectivity index (χ1n) is 7.40. The largest absolute Gasteiger partial charge is 0.491 e. The predicted octanol–water partition coefficient (Wildman–Crippen LogP) is 2.17. The Morgan fingerprint density at radius 3 is 2.76 bits per heavy atom. The molecule has 5 heteroatoms. The molecule has 4 nitrogen and oxygen atoms in total. The van der Waals surface area contributed by atoms with Crippen molar-refractivity contribution >= 4 is 11.6 Å². The Hall–Kier alpha value is -0.810. The molecule has 2 unspecified atom stereocenters. The van der Waals surface area contributed by atoms with Crippen LogP contribution in [0.15, 0.2) is 24.3 Å². The van der Waals surface area contributed by atoms with Gasteiger partial charge in [0.05, 0.1) is 0 Å². The van der Waals surface area contributed by atoms with Gasteiger partial charge in [0.1, 0.15) is 18.5 Å². The molecule has 1 aliphatic rings. The van der Waals surface area contributed by atoms with Crippen molar-refractivity contribution in [1.29, 1.82) is 0 Å². The molecule has 0 bridgehead atoms. The van der Waals surface area contributed by atoms with Crippen molar-refractivity contribution in [2.75, 3.05) is 32.8 Å². The number of nitrogens with zero attached hydrogens (tertiary/aromatic N) is 1. The van der Waals surface area contributed by atoms with Gasteiger partial charge in [-0.1, -0.05) is 18.5 Å². The van der Waals surface area contributed by atoms with Gasteiger partial charge in [-0.2, -0.15) is 0 Å². The highest BCUT2D eigenvalue weighted by Crippen LogP contribution is 2.28. The monoisotopic (exact) mass is 313 g/mol. The number of aliphatic hydroxyl groups is 2. The van der Waals surface area contributed by atoms with Crippen LogP contribution in [0.4, 0.5) is 0 Å². The molecular weight excluding hydrogens is 290 g/mol. The maximum absolute atomic E-state index is 10.1. The van der Waals surface area contributed by atoms with E-state index in [1.165, 1.54) is 0 Å². The van der Waals surface area contributed by atoms with Crippen LogP contribution in [0, 0.1) is 5.41 Å². The maximum Gasteiger partial charge on any atom is 0.119 e. The molecule has 1 aromatic rings. The fourth-order valence-electron chi connectivity index (χ4n) is 2.79. The van der Waals surface area contributed by atoms with Crippen molar-refractivity contribution in [1.82, 2.24) is 4.90 Å². The van der Waals surface area contributed by atoms with E-state index in [1.807, 2.05) is 0 Å². The van der Waals surface area contributed by atoms with Gasteiger partial charge in [0.25, 0.3) is 0 Å². The fourth-order valence-corrected chi connectivity index (χ4v) is 2.91. The zero-order valence-electron chi connectivity index (χ0n) is 12.5. The van der Waals surface area contributed by atoms with Crippen molar-refractivity contribution in [3.8, 4) is 5.75 Å². The Bertz CT molecular complexity index is 440. The minimum atomic E-state index is -0.540. The molecule has 1 fully saturated rings. The summed E-state index contributed by atoms with van der Waals surface area (Å²) >= 11 is 5.81. The summed E-state index contributed by atoms with van der Waals surface area (Å²) in [5.41, 5.74) is -0.0466. The fraction of sp³-hybridized carbons (Fsp3) is 0.625. The summed E-state index contributed by atoms with van der Waals surface area (Å²) in [4.78, 5) is 2.20. The Balaban J connectivity index is 1.76. The zero-order chi connectivity index (χ0) is 15.3. The first-order chi connectivity index (χ1) is 10.0. The molecule has 0 aromatic heterocycles. The van der Waals surface area contributed by atoms with Crippen molar-refractivity contribution in [3.63, 3.8) is 0 Å². The van der Waals surface area contributed by atoms with Crippen LogP contribution in [-0.4, -0.2) is 54.1 Å². The molecule has 0 amide bonds. The standard InChI is InChI=1S/C16H24ClNO3/c1-16(12-19)7-2-8-18(11-16)9-14(20)10-21-15-5-3-13(17)4-6-15/h3-6,14,19-20H,2,7-12H2,1H3. The number of hydrogen-bond acceptors (Lipinski definition) is 4. The third-order valence-electron chi connectivity index (χ3n) is 3.97. The molecule has 0 aliphatic carbocycles. The van der Waals surface area contributed by atoms with E-state index in [9.17, 15) is 10.2 Å². The molecule has 2 atom stereocenters. The second-order valence-electron chi connectivity index (χ2n) is 6.23. The molecule has 0 spiro atoms. The minimum Gasteiger partial charge on any atom is -0.491 e. The highest BCUT2D eigenvalue weighted by Gasteiger charge is 2.30. The van der Waals surface area contributed by atoms with E-state index in [0.717, 1.165) is 25.9 Å². The predicted molar refractivity (Wildman–Crippen MR) is 83.8 cm³/mol. The summed E-state index contributed by atoms with van der Waals surface area (Å²) in [6.07, 6.45) is 1.56. The summed E-state index contributed by atoms with van der Waals surface area (Å²) in [5.74, 6) is 0.706. The number of benzene rings is 1. The first-order valence-corrected chi connectivity index (χ1v) is 7.78. The average molecular weight is 314 g/mol. The molecule has 21 heavy (non-hydrogen) atoms. The van der Waals surface area contributed by atoms with Crippen molar-refractivity contribution < 1.29 is 14.9 Å². The first kappa shape index (κ1) is 16.6. The SMILES string of the molecule is CC1(CO)CCCN(CC(O)COc2ccc(Cl)cc2)C1. The van der Waals surface area contributed by atoms with Crippen LogP contribution in [0.1, 0.15) is 19.8 Å². The third-order valence-corrected chi connectivity index (χ3v) is 4.22. The highest BCUT2D eigenvalue weighted by molar-refractivity contribution is 6.30.